The van der Waals surface area contributed by atoms with E-state index in [1.165, 1.54) is 0 Å². The van der Waals surface area contributed by atoms with Crippen LogP contribution in [0.2, 0.25) is 0 Å². The molecule has 4 heteroatoms. The molecule has 0 radical (unpaired) electrons. The van der Waals surface area contributed by atoms with Crippen molar-refractivity contribution < 1.29 is 14.6 Å². The highest BCUT2D eigenvalue weighted by molar-refractivity contribution is 5.78. The first-order valence-electron chi connectivity index (χ1n) is 8.72. The van der Waals surface area contributed by atoms with Gasteiger partial charge in [0.1, 0.15) is 5.75 Å². The minimum absolute atomic E-state index is 0.0579. The maximum absolute atomic E-state index is 12.2. The first-order valence-corrected chi connectivity index (χ1v) is 8.72. The molecule has 4 nitrogen and oxygen atoms in total. The fraction of sp³-hybridized carbons (Fsp3) is 0.381. The number of amides is 1. The van der Waals surface area contributed by atoms with E-state index in [9.17, 15) is 9.90 Å². The summed E-state index contributed by atoms with van der Waals surface area (Å²) in [5.41, 5.74) is 1.86. The van der Waals surface area contributed by atoms with Gasteiger partial charge in [0.05, 0.1) is 12.2 Å². The second kappa shape index (κ2) is 9.23. The van der Waals surface area contributed by atoms with Crippen LogP contribution in [-0.2, 0) is 11.2 Å². The highest BCUT2D eigenvalue weighted by atomic mass is 16.5. The zero-order chi connectivity index (χ0) is 18.2. The van der Waals surface area contributed by atoms with E-state index in [4.69, 9.17) is 4.74 Å². The van der Waals surface area contributed by atoms with Gasteiger partial charge in [0.25, 0.3) is 0 Å². The van der Waals surface area contributed by atoms with Gasteiger partial charge in [0.2, 0.25) is 5.91 Å². The van der Waals surface area contributed by atoms with Crippen molar-refractivity contribution in [3.05, 3.63) is 65.7 Å². The van der Waals surface area contributed by atoms with Crippen LogP contribution >= 0.6 is 0 Å². The molecular formula is C21H27NO3. The highest BCUT2D eigenvalue weighted by Gasteiger charge is 2.16. The Morgan fingerprint density at radius 2 is 1.80 bits per heavy atom. The Kier molecular flexibility index (Phi) is 7.02. The summed E-state index contributed by atoms with van der Waals surface area (Å²) in [6.07, 6.45) is -0.00460. The number of aliphatic hydroxyl groups excluding tert-OH is 1. The van der Waals surface area contributed by atoms with Crippen LogP contribution in [0.15, 0.2) is 54.6 Å². The molecule has 1 amide bonds. The van der Waals surface area contributed by atoms with Gasteiger partial charge in [-0.25, -0.2) is 0 Å². The third kappa shape index (κ3) is 6.24. The third-order valence-electron chi connectivity index (χ3n) is 3.92. The van der Waals surface area contributed by atoms with Gasteiger partial charge in [-0.2, -0.15) is 0 Å². The average Bonchev–Trinajstić information content (AvgIpc) is 2.59. The molecule has 2 rings (SSSR count). The van der Waals surface area contributed by atoms with Gasteiger partial charge in [0, 0.05) is 12.5 Å². The van der Waals surface area contributed by atoms with Gasteiger partial charge in [-0.05, 0) is 43.5 Å². The lowest BCUT2D eigenvalue weighted by molar-refractivity contribution is -0.124. The van der Waals surface area contributed by atoms with Crippen molar-refractivity contribution in [2.75, 3.05) is 6.54 Å². The lowest BCUT2D eigenvalue weighted by Gasteiger charge is -2.17. The Morgan fingerprint density at radius 1 is 1.08 bits per heavy atom. The van der Waals surface area contributed by atoms with E-state index < -0.39 is 6.10 Å². The number of carbonyl (C=O) groups excluding carboxylic acids is 1. The molecule has 0 aliphatic heterocycles. The Labute approximate surface area is 149 Å². The molecule has 2 atom stereocenters. The molecule has 2 aromatic carbocycles. The van der Waals surface area contributed by atoms with E-state index >= 15 is 0 Å². The van der Waals surface area contributed by atoms with E-state index in [1.54, 1.807) is 0 Å². The molecule has 0 saturated heterocycles. The van der Waals surface area contributed by atoms with Crippen molar-refractivity contribution in [1.82, 2.24) is 5.32 Å². The monoisotopic (exact) mass is 341 g/mol. The summed E-state index contributed by atoms with van der Waals surface area (Å²) in [5, 5.41) is 13.2. The normalized spacial score (nSPS) is 13.3. The second-order valence-electron chi connectivity index (χ2n) is 6.59. The lowest BCUT2D eigenvalue weighted by atomic mass is 10.0. The highest BCUT2D eigenvalue weighted by Crippen LogP contribution is 2.20. The van der Waals surface area contributed by atoms with Crippen molar-refractivity contribution in [2.45, 2.75) is 39.4 Å². The summed E-state index contributed by atoms with van der Waals surface area (Å²) in [5.74, 6) is 0.512. The molecule has 134 valence electrons. The molecule has 0 aliphatic rings. The van der Waals surface area contributed by atoms with Crippen molar-refractivity contribution in [3.63, 3.8) is 0 Å². The van der Waals surface area contributed by atoms with Crippen LogP contribution in [0.5, 0.6) is 5.75 Å². The largest absolute Gasteiger partial charge is 0.491 e. The molecule has 0 saturated carbocycles. The Morgan fingerprint density at radius 3 is 2.48 bits per heavy atom. The molecule has 2 aromatic rings. The van der Waals surface area contributed by atoms with Gasteiger partial charge in [-0.3, -0.25) is 4.79 Å². The van der Waals surface area contributed by atoms with Crippen molar-refractivity contribution in [3.8, 4) is 5.75 Å². The minimum Gasteiger partial charge on any atom is -0.491 e. The number of hydrogen-bond acceptors (Lipinski definition) is 3. The summed E-state index contributed by atoms with van der Waals surface area (Å²) in [6.45, 7) is 5.99. The van der Waals surface area contributed by atoms with Crippen LogP contribution in [0.25, 0.3) is 0 Å². The van der Waals surface area contributed by atoms with Gasteiger partial charge < -0.3 is 15.2 Å². The fourth-order valence-electron chi connectivity index (χ4n) is 2.62. The van der Waals surface area contributed by atoms with Crippen LogP contribution in [-0.4, -0.2) is 23.7 Å². The molecule has 0 bridgehead atoms. The molecule has 0 aliphatic carbocycles. The van der Waals surface area contributed by atoms with E-state index in [2.05, 4.69) is 5.32 Å². The maximum Gasteiger partial charge on any atom is 0.223 e. The van der Waals surface area contributed by atoms with E-state index in [-0.39, 0.29) is 24.5 Å². The number of rotatable bonds is 8. The van der Waals surface area contributed by atoms with Crippen molar-refractivity contribution in [1.29, 1.82) is 0 Å². The predicted molar refractivity (Wildman–Crippen MR) is 99.5 cm³/mol. The fourth-order valence-corrected chi connectivity index (χ4v) is 2.62. The molecule has 0 aromatic heterocycles. The Balaban J connectivity index is 1.86. The standard InChI is InChI=1S/C21H27NO3/c1-15(2)25-19-11-7-10-18(13-19)20(23)14-22-21(24)16(3)12-17-8-5-4-6-9-17/h4-11,13,15-16,20,23H,12,14H2,1-3H3,(H,22,24). The van der Waals surface area contributed by atoms with Gasteiger partial charge in [-0.1, -0.05) is 49.4 Å². The van der Waals surface area contributed by atoms with Gasteiger partial charge >= 0.3 is 0 Å². The smallest absolute Gasteiger partial charge is 0.223 e. The van der Waals surface area contributed by atoms with Crippen LogP contribution < -0.4 is 10.1 Å². The summed E-state index contributed by atoms with van der Waals surface area (Å²) < 4.78 is 5.64. The zero-order valence-corrected chi connectivity index (χ0v) is 15.1. The first kappa shape index (κ1) is 19.0. The summed E-state index contributed by atoms with van der Waals surface area (Å²) in [7, 11) is 0. The van der Waals surface area contributed by atoms with Crippen LogP contribution in [0.3, 0.4) is 0 Å². The molecule has 0 spiro atoms. The molecule has 25 heavy (non-hydrogen) atoms. The lowest BCUT2D eigenvalue weighted by Crippen LogP contribution is -2.33. The van der Waals surface area contributed by atoms with Gasteiger partial charge in [0.15, 0.2) is 0 Å². The van der Waals surface area contributed by atoms with E-state index in [0.717, 1.165) is 16.9 Å². The average molecular weight is 341 g/mol. The molecular weight excluding hydrogens is 314 g/mol. The number of hydrogen-bond donors (Lipinski definition) is 2. The quantitative estimate of drug-likeness (QED) is 0.772. The number of ether oxygens (including phenoxy) is 1. The zero-order valence-electron chi connectivity index (χ0n) is 15.1. The molecule has 2 unspecified atom stereocenters. The van der Waals surface area contributed by atoms with Crippen LogP contribution in [0.4, 0.5) is 0 Å². The SMILES string of the molecule is CC(C)Oc1cccc(C(O)CNC(=O)C(C)Cc2ccccc2)c1. The Bertz CT molecular complexity index is 670. The van der Waals surface area contributed by atoms with Crippen molar-refractivity contribution in [2.24, 2.45) is 5.92 Å². The predicted octanol–water partition coefficient (Wildman–Crippen LogP) is 3.50. The van der Waals surface area contributed by atoms with E-state index in [0.29, 0.717) is 6.42 Å². The second-order valence-corrected chi connectivity index (χ2v) is 6.59. The number of nitrogens with one attached hydrogen (secondary N) is 1. The molecule has 0 heterocycles. The minimum atomic E-state index is -0.761. The number of benzene rings is 2. The topological polar surface area (TPSA) is 58.6 Å². The van der Waals surface area contributed by atoms with Crippen LogP contribution in [0, 0.1) is 5.92 Å². The summed E-state index contributed by atoms with van der Waals surface area (Å²) in [6, 6.07) is 17.3. The number of aliphatic hydroxyl groups is 1. The van der Waals surface area contributed by atoms with E-state index in [1.807, 2.05) is 75.4 Å². The van der Waals surface area contributed by atoms with Crippen LogP contribution in [0.1, 0.15) is 38.0 Å². The Hall–Kier alpha value is -2.33. The third-order valence-corrected chi connectivity index (χ3v) is 3.92. The maximum atomic E-state index is 12.2. The van der Waals surface area contributed by atoms with Crippen molar-refractivity contribution >= 4 is 5.91 Å². The number of carbonyl (C=O) groups is 1. The first-order chi connectivity index (χ1) is 12.0. The molecule has 0 fully saturated rings. The van der Waals surface area contributed by atoms with Gasteiger partial charge in [-0.15, -0.1) is 0 Å². The molecule has 2 N–H and O–H groups in total. The summed E-state index contributed by atoms with van der Waals surface area (Å²) in [4.78, 5) is 12.2. The summed E-state index contributed by atoms with van der Waals surface area (Å²) >= 11 is 0.